The fraction of sp³-hybridized carbons (Fsp3) is 0.400. The monoisotopic (exact) mass is 415 g/mol. The predicted octanol–water partition coefficient (Wildman–Crippen LogP) is 3.93. The van der Waals surface area contributed by atoms with Crippen LogP contribution < -0.4 is 5.32 Å². The van der Waals surface area contributed by atoms with Crippen LogP contribution in [0.5, 0.6) is 0 Å². The second-order valence-corrected chi connectivity index (χ2v) is 8.47. The van der Waals surface area contributed by atoms with Gasteiger partial charge in [-0.25, -0.2) is 14.6 Å². The molecule has 0 fully saturated rings. The number of para-hydroxylation sites is 1. The number of carbonyl (C=O) groups is 1. The lowest BCUT2D eigenvalue weighted by Crippen LogP contribution is -2.26. The zero-order valence-electron chi connectivity index (χ0n) is 15.7. The highest BCUT2D eigenvalue weighted by Crippen LogP contribution is 2.27. The van der Waals surface area contributed by atoms with E-state index in [0.717, 1.165) is 19.3 Å². The number of halogens is 1. The van der Waals surface area contributed by atoms with E-state index in [2.05, 4.69) is 15.4 Å². The van der Waals surface area contributed by atoms with Gasteiger partial charge in [-0.1, -0.05) is 23.7 Å². The molecule has 1 aromatic carbocycles. The quantitative estimate of drug-likeness (QED) is 0.619. The summed E-state index contributed by atoms with van der Waals surface area (Å²) >= 11 is 8.05. The Morgan fingerprint density at radius 2 is 2.07 bits per heavy atom. The molecule has 0 aliphatic heterocycles. The van der Waals surface area contributed by atoms with Gasteiger partial charge >= 0.3 is 0 Å². The van der Waals surface area contributed by atoms with Crippen molar-refractivity contribution in [1.29, 1.82) is 0 Å². The highest BCUT2D eigenvalue weighted by Gasteiger charge is 2.17. The van der Waals surface area contributed by atoms with Crippen LogP contribution in [0.4, 0.5) is 0 Å². The summed E-state index contributed by atoms with van der Waals surface area (Å²) in [5.74, 6) is 0.501. The molecule has 6 nitrogen and oxygen atoms in total. The van der Waals surface area contributed by atoms with Crippen LogP contribution in [-0.2, 0) is 19.3 Å². The van der Waals surface area contributed by atoms with Crippen molar-refractivity contribution in [3.8, 4) is 5.69 Å². The fourth-order valence-corrected chi connectivity index (χ4v) is 4.79. The molecule has 28 heavy (non-hydrogen) atoms. The molecular formula is C20H22ClN5OS. The Hall–Kier alpha value is -2.25. The number of hydrogen-bond donors (Lipinski definition) is 1. The number of nitrogens with one attached hydrogen (secondary N) is 1. The third-order valence-corrected chi connectivity index (χ3v) is 6.33. The largest absolute Gasteiger partial charge is 0.349 e. The van der Waals surface area contributed by atoms with E-state index in [1.54, 1.807) is 17.7 Å². The molecule has 3 aromatic rings. The first-order chi connectivity index (χ1) is 13.6. The van der Waals surface area contributed by atoms with Crippen LogP contribution in [-0.4, -0.2) is 32.2 Å². The van der Waals surface area contributed by atoms with Gasteiger partial charge in [0.2, 0.25) is 5.82 Å². The number of aryl methyl sites for hydroxylation is 4. The smallest absolute Gasteiger partial charge is 0.290 e. The van der Waals surface area contributed by atoms with Crippen molar-refractivity contribution in [2.24, 2.45) is 0 Å². The Morgan fingerprint density at radius 1 is 1.25 bits per heavy atom. The summed E-state index contributed by atoms with van der Waals surface area (Å²) in [4.78, 5) is 22.9. The molecule has 4 rings (SSSR count). The molecule has 2 heterocycles. The van der Waals surface area contributed by atoms with Crippen molar-refractivity contribution >= 4 is 28.8 Å². The second-order valence-electron chi connectivity index (χ2n) is 6.89. The van der Waals surface area contributed by atoms with Gasteiger partial charge < -0.3 is 5.32 Å². The number of nitrogens with zero attached hydrogens (tertiary/aromatic N) is 4. The maximum atomic E-state index is 12.4. The van der Waals surface area contributed by atoms with E-state index in [1.807, 2.05) is 29.5 Å². The molecule has 0 unspecified atom stereocenters. The number of benzene rings is 1. The lowest BCUT2D eigenvalue weighted by molar-refractivity contribution is 0.0943. The summed E-state index contributed by atoms with van der Waals surface area (Å²) in [5, 5.41) is 8.97. The Morgan fingerprint density at radius 3 is 2.89 bits per heavy atom. The molecule has 0 saturated carbocycles. The SMILES string of the molecule is Cc1nc(C(=O)NCCCc2nc3c(s2)CCCC3)nn1-c1ccccc1Cl. The van der Waals surface area contributed by atoms with Crippen LogP contribution >= 0.6 is 22.9 Å². The van der Waals surface area contributed by atoms with Crippen LogP contribution in [0.3, 0.4) is 0 Å². The van der Waals surface area contributed by atoms with Gasteiger partial charge in [0, 0.05) is 17.8 Å². The van der Waals surface area contributed by atoms with Crippen molar-refractivity contribution in [1.82, 2.24) is 25.1 Å². The maximum absolute atomic E-state index is 12.4. The Labute approximate surface area is 173 Å². The van der Waals surface area contributed by atoms with Gasteiger partial charge in [-0.05, 0) is 51.2 Å². The second kappa shape index (κ2) is 8.41. The number of fused-ring (bicyclic) bond motifs is 1. The van der Waals surface area contributed by atoms with Crippen LogP contribution in [0, 0.1) is 6.92 Å². The molecule has 0 atom stereocenters. The molecule has 1 amide bonds. The molecule has 1 aliphatic rings. The average Bonchev–Trinajstić information content (AvgIpc) is 3.28. The van der Waals surface area contributed by atoms with Crippen molar-refractivity contribution < 1.29 is 4.79 Å². The summed E-state index contributed by atoms with van der Waals surface area (Å²) in [5.41, 5.74) is 2.00. The molecule has 0 saturated heterocycles. The Balaban J connectivity index is 1.32. The van der Waals surface area contributed by atoms with E-state index in [0.29, 0.717) is 23.1 Å². The number of rotatable bonds is 6. The number of aromatic nitrogens is 4. The highest BCUT2D eigenvalue weighted by molar-refractivity contribution is 7.11. The molecule has 1 aliphatic carbocycles. The van der Waals surface area contributed by atoms with Crippen LogP contribution in [0.1, 0.15) is 51.3 Å². The van der Waals surface area contributed by atoms with Crippen molar-refractivity contribution in [3.63, 3.8) is 0 Å². The van der Waals surface area contributed by atoms with Gasteiger partial charge in [0.1, 0.15) is 5.82 Å². The van der Waals surface area contributed by atoms with Gasteiger partial charge in [-0.2, -0.15) is 0 Å². The summed E-state index contributed by atoms with van der Waals surface area (Å²) in [6.07, 6.45) is 6.54. The Kier molecular flexibility index (Phi) is 5.73. The zero-order valence-corrected chi connectivity index (χ0v) is 17.3. The minimum atomic E-state index is -0.271. The first kappa shape index (κ1) is 19.1. The van der Waals surface area contributed by atoms with Gasteiger partial charge in [0.05, 0.1) is 21.4 Å². The lowest BCUT2D eigenvalue weighted by atomic mass is 10.0. The number of hydrogen-bond acceptors (Lipinski definition) is 5. The third-order valence-electron chi connectivity index (χ3n) is 4.80. The zero-order chi connectivity index (χ0) is 19.5. The average molecular weight is 416 g/mol. The van der Waals surface area contributed by atoms with E-state index >= 15 is 0 Å². The third kappa shape index (κ3) is 4.10. The topological polar surface area (TPSA) is 72.7 Å². The summed E-state index contributed by atoms with van der Waals surface area (Å²) < 4.78 is 1.59. The number of thiazole rings is 1. The van der Waals surface area contributed by atoms with Crippen LogP contribution in [0.15, 0.2) is 24.3 Å². The van der Waals surface area contributed by atoms with E-state index in [9.17, 15) is 4.79 Å². The summed E-state index contributed by atoms with van der Waals surface area (Å²) in [6, 6.07) is 7.36. The van der Waals surface area contributed by atoms with Crippen LogP contribution in [0.25, 0.3) is 5.69 Å². The first-order valence-corrected chi connectivity index (χ1v) is 10.8. The molecule has 2 aromatic heterocycles. The minimum absolute atomic E-state index is 0.155. The first-order valence-electron chi connectivity index (χ1n) is 9.56. The van der Waals surface area contributed by atoms with E-state index in [4.69, 9.17) is 16.6 Å². The van der Waals surface area contributed by atoms with Crippen LogP contribution in [0.2, 0.25) is 5.02 Å². The number of amides is 1. The molecule has 0 bridgehead atoms. The van der Waals surface area contributed by atoms with E-state index in [-0.39, 0.29) is 11.7 Å². The summed E-state index contributed by atoms with van der Waals surface area (Å²) in [7, 11) is 0. The molecular weight excluding hydrogens is 394 g/mol. The minimum Gasteiger partial charge on any atom is -0.349 e. The van der Waals surface area contributed by atoms with Crippen molar-refractivity contribution in [2.75, 3.05) is 6.54 Å². The van der Waals surface area contributed by atoms with Gasteiger partial charge in [0.25, 0.3) is 5.91 Å². The fourth-order valence-electron chi connectivity index (χ4n) is 3.37. The van der Waals surface area contributed by atoms with Gasteiger partial charge in [-0.15, -0.1) is 16.4 Å². The standard InChI is InChI=1S/C20H22ClN5OS/c1-13-23-19(25-26(13)16-9-4-2-7-14(16)21)20(27)22-12-6-11-18-24-15-8-3-5-10-17(15)28-18/h2,4,7,9H,3,5-6,8,10-12H2,1H3,(H,22,27). The van der Waals surface area contributed by atoms with Gasteiger partial charge in [0.15, 0.2) is 0 Å². The normalized spacial score (nSPS) is 13.4. The Bertz CT molecular complexity index is 973. The molecule has 146 valence electrons. The van der Waals surface area contributed by atoms with Gasteiger partial charge in [-0.3, -0.25) is 4.79 Å². The predicted molar refractivity (Wildman–Crippen MR) is 111 cm³/mol. The maximum Gasteiger partial charge on any atom is 0.290 e. The highest BCUT2D eigenvalue weighted by atomic mass is 35.5. The molecule has 0 radical (unpaired) electrons. The summed E-state index contributed by atoms with van der Waals surface area (Å²) in [6.45, 7) is 2.38. The lowest BCUT2D eigenvalue weighted by Gasteiger charge is -2.06. The van der Waals surface area contributed by atoms with E-state index in [1.165, 1.54) is 34.8 Å². The molecule has 1 N–H and O–H groups in total. The molecule has 0 spiro atoms. The van der Waals surface area contributed by atoms with Crippen molar-refractivity contribution in [2.45, 2.75) is 45.4 Å². The molecule has 8 heteroatoms. The van der Waals surface area contributed by atoms with Crippen molar-refractivity contribution in [3.05, 3.63) is 56.5 Å². The number of carbonyl (C=O) groups excluding carboxylic acids is 1. The van der Waals surface area contributed by atoms with E-state index < -0.39 is 0 Å².